The number of benzene rings is 1. The van der Waals surface area contributed by atoms with Crippen LogP contribution in [0.25, 0.3) is 0 Å². The number of carbonyl (C=O) groups is 1. The fraction of sp³-hybridized carbons (Fsp3) is 0.167. The summed E-state index contributed by atoms with van der Waals surface area (Å²) in [6.07, 6.45) is 0. The van der Waals surface area contributed by atoms with Crippen molar-refractivity contribution in [2.75, 3.05) is 0 Å². The fourth-order valence-electron chi connectivity index (χ4n) is 2.29. The van der Waals surface area contributed by atoms with Gasteiger partial charge >= 0.3 is 0 Å². The van der Waals surface area contributed by atoms with Gasteiger partial charge in [0.1, 0.15) is 5.82 Å². The van der Waals surface area contributed by atoms with Crippen molar-refractivity contribution in [1.82, 2.24) is 4.90 Å². The van der Waals surface area contributed by atoms with Crippen LogP contribution in [-0.4, -0.2) is 10.8 Å². The molecule has 0 spiro atoms. The lowest BCUT2D eigenvalue weighted by Gasteiger charge is -2.22. The number of carbonyl (C=O) groups excluding carboxylic acids is 1. The zero-order chi connectivity index (χ0) is 16.2. The van der Waals surface area contributed by atoms with Crippen LogP contribution in [0.1, 0.15) is 25.7 Å². The zero-order valence-corrected chi connectivity index (χ0v) is 14.3. The molecule has 0 atom stereocenters. The minimum Gasteiger partial charge on any atom is -0.328 e. The quantitative estimate of drug-likeness (QED) is 0.630. The van der Waals surface area contributed by atoms with Gasteiger partial charge in [-0.15, -0.1) is 22.7 Å². The Morgan fingerprint density at radius 1 is 1.04 bits per heavy atom. The van der Waals surface area contributed by atoms with Crippen LogP contribution in [0.4, 0.5) is 4.39 Å². The second kappa shape index (κ2) is 7.06. The second-order valence-electron chi connectivity index (χ2n) is 5.28. The van der Waals surface area contributed by atoms with Crippen molar-refractivity contribution in [1.29, 1.82) is 0 Å². The molecule has 0 aliphatic carbocycles. The highest BCUT2D eigenvalue weighted by molar-refractivity contribution is 7.10. The first-order valence-electron chi connectivity index (χ1n) is 7.23. The van der Waals surface area contributed by atoms with Crippen LogP contribution in [-0.2, 0) is 13.1 Å². The summed E-state index contributed by atoms with van der Waals surface area (Å²) in [4.78, 5) is 16.8. The molecular weight excluding hydrogens is 329 g/mol. The van der Waals surface area contributed by atoms with Crippen molar-refractivity contribution in [3.63, 3.8) is 0 Å². The largest absolute Gasteiger partial charge is 0.328 e. The molecular formula is C18H16FNOS2. The van der Waals surface area contributed by atoms with Gasteiger partial charge in [0.15, 0.2) is 0 Å². The van der Waals surface area contributed by atoms with Gasteiger partial charge in [0.25, 0.3) is 5.91 Å². The third kappa shape index (κ3) is 3.86. The summed E-state index contributed by atoms with van der Waals surface area (Å²) in [5.41, 5.74) is 0.936. The highest BCUT2D eigenvalue weighted by atomic mass is 32.1. The van der Waals surface area contributed by atoms with Crippen LogP contribution >= 0.6 is 22.7 Å². The Bertz CT molecular complexity index is 745. The van der Waals surface area contributed by atoms with Crippen molar-refractivity contribution < 1.29 is 9.18 Å². The van der Waals surface area contributed by atoms with E-state index in [1.165, 1.54) is 6.07 Å². The Balaban J connectivity index is 1.86. The summed E-state index contributed by atoms with van der Waals surface area (Å²) in [7, 11) is 0. The lowest BCUT2D eigenvalue weighted by molar-refractivity contribution is 0.0733. The number of hydrogen-bond acceptors (Lipinski definition) is 3. The van der Waals surface area contributed by atoms with Gasteiger partial charge < -0.3 is 4.90 Å². The van der Waals surface area contributed by atoms with E-state index in [0.29, 0.717) is 24.2 Å². The van der Waals surface area contributed by atoms with E-state index >= 15 is 0 Å². The van der Waals surface area contributed by atoms with Crippen LogP contribution < -0.4 is 0 Å². The van der Waals surface area contributed by atoms with E-state index < -0.39 is 0 Å². The van der Waals surface area contributed by atoms with Crippen molar-refractivity contribution in [2.24, 2.45) is 0 Å². The summed E-state index contributed by atoms with van der Waals surface area (Å²) >= 11 is 3.24. The molecule has 0 unspecified atom stereocenters. The van der Waals surface area contributed by atoms with E-state index in [4.69, 9.17) is 0 Å². The Morgan fingerprint density at radius 3 is 2.13 bits per heavy atom. The standard InChI is InChI=1S/C18H16FNOS2/c1-13-6-7-14(10-17(13)19)18(21)20(11-15-4-2-8-22-15)12-16-5-3-9-23-16/h2-10H,11-12H2,1H3. The summed E-state index contributed by atoms with van der Waals surface area (Å²) in [6, 6.07) is 12.6. The molecule has 0 saturated carbocycles. The third-order valence-electron chi connectivity index (χ3n) is 3.56. The van der Waals surface area contributed by atoms with Gasteiger partial charge in [-0.05, 0) is 47.5 Å². The molecule has 0 bridgehead atoms. The van der Waals surface area contributed by atoms with Gasteiger partial charge in [-0.1, -0.05) is 18.2 Å². The zero-order valence-electron chi connectivity index (χ0n) is 12.7. The van der Waals surface area contributed by atoms with E-state index in [1.807, 2.05) is 35.0 Å². The molecule has 1 aromatic carbocycles. The number of aryl methyl sites for hydroxylation is 1. The fourth-order valence-corrected chi connectivity index (χ4v) is 3.73. The van der Waals surface area contributed by atoms with Crippen LogP contribution in [0, 0.1) is 12.7 Å². The Hall–Kier alpha value is -1.98. The Kier molecular flexibility index (Phi) is 4.88. The number of hydrogen-bond donors (Lipinski definition) is 0. The first kappa shape index (κ1) is 15.9. The summed E-state index contributed by atoms with van der Waals surface area (Å²) in [5, 5.41) is 3.99. The number of thiophene rings is 2. The van der Waals surface area contributed by atoms with E-state index in [-0.39, 0.29) is 11.7 Å². The molecule has 23 heavy (non-hydrogen) atoms. The maximum Gasteiger partial charge on any atom is 0.254 e. The summed E-state index contributed by atoms with van der Waals surface area (Å²) < 4.78 is 13.8. The normalized spacial score (nSPS) is 10.7. The van der Waals surface area contributed by atoms with Gasteiger partial charge in [-0.25, -0.2) is 4.39 Å². The van der Waals surface area contributed by atoms with Crippen LogP contribution in [0.5, 0.6) is 0 Å². The maximum absolute atomic E-state index is 13.8. The molecule has 118 valence electrons. The van der Waals surface area contributed by atoms with E-state index in [9.17, 15) is 9.18 Å². The van der Waals surface area contributed by atoms with E-state index in [0.717, 1.165) is 9.75 Å². The molecule has 0 fully saturated rings. The lowest BCUT2D eigenvalue weighted by Crippen LogP contribution is -2.29. The SMILES string of the molecule is Cc1ccc(C(=O)N(Cc2cccs2)Cc2cccs2)cc1F. The van der Waals surface area contributed by atoms with Gasteiger partial charge in [-0.3, -0.25) is 4.79 Å². The summed E-state index contributed by atoms with van der Waals surface area (Å²) in [5.74, 6) is -0.492. The van der Waals surface area contributed by atoms with Crippen LogP contribution in [0.3, 0.4) is 0 Å². The Labute approximate surface area is 142 Å². The minimum absolute atomic E-state index is 0.147. The van der Waals surface area contributed by atoms with Gasteiger partial charge in [0.05, 0.1) is 13.1 Å². The monoisotopic (exact) mass is 345 g/mol. The van der Waals surface area contributed by atoms with Gasteiger partial charge in [-0.2, -0.15) is 0 Å². The van der Waals surface area contributed by atoms with Gasteiger partial charge in [0.2, 0.25) is 0 Å². The average molecular weight is 345 g/mol. The number of amides is 1. The first-order chi connectivity index (χ1) is 11.1. The summed E-state index contributed by atoms with van der Waals surface area (Å²) in [6.45, 7) is 2.76. The molecule has 2 aromatic heterocycles. The highest BCUT2D eigenvalue weighted by Gasteiger charge is 2.18. The molecule has 0 N–H and O–H groups in total. The molecule has 0 aliphatic heterocycles. The first-order valence-corrected chi connectivity index (χ1v) is 8.99. The molecule has 3 rings (SSSR count). The highest BCUT2D eigenvalue weighted by Crippen LogP contribution is 2.20. The minimum atomic E-state index is -0.344. The smallest absolute Gasteiger partial charge is 0.254 e. The average Bonchev–Trinajstić information content (AvgIpc) is 3.22. The molecule has 2 heterocycles. The second-order valence-corrected chi connectivity index (χ2v) is 7.35. The molecule has 0 saturated heterocycles. The van der Waals surface area contributed by atoms with Crippen molar-refractivity contribution in [3.05, 3.63) is 79.9 Å². The molecule has 1 amide bonds. The van der Waals surface area contributed by atoms with Crippen molar-refractivity contribution in [3.8, 4) is 0 Å². The maximum atomic E-state index is 13.8. The number of halogens is 1. The molecule has 0 aliphatic rings. The molecule has 2 nitrogen and oxygen atoms in total. The topological polar surface area (TPSA) is 20.3 Å². The molecule has 3 aromatic rings. The predicted octanol–water partition coefficient (Wildman–Crippen LogP) is 5.10. The predicted molar refractivity (Wildman–Crippen MR) is 93.4 cm³/mol. The molecule has 5 heteroatoms. The number of rotatable bonds is 5. The van der Waals surface area contributed by atoms with E-state index in [1.54, 1.807) is 46.6 Å². The van der Waals surface area contributed by atoms with Crippen molar-refractivity contribution >= 4 is 28.6 Å². The van der Waals surface area contributed by atoms with E-state index in [2.05, 4.69) is 0 Å². The lowest BCUT2D eigenvalue weighted by atomic mass is 10.1. The molecule has 0 radical (unpaired) electrons. The van der Waals surface area contributed by atoms with Crippen LogP contribution in [0.2, 0.25) is 0 Å². The third-order valence-corrected chi connectivity index (χ3v) is 5.28. The van der Waals surface area contributed by atoms with Crippen molar-refractivity contribution in [2.45, 2.75) is 20.0 Å². The number of nitrogens with zero attached hydrogens (tertiary/aromatic N) is 1. The van der Waals surface area contributed by atoms with Crippen LogP contribution in [0.15, 0.2) is 53.2 Å². The Morgan fingerprint density at radius 2 is 1.65 bits per heavy atom. The van der Waals surface area contributed by atoms with Gasteiger partial charge in [0, 0.05) is 15.3 Å².